The van der Waals surface area contributed by atoms with E-state index in [0.717, 1.165) is 17.7 Å². The van der Waals surface area contributed by atoms with Gasteiger partial charge in [-0.3, -0.25) is 10.4 Å². The van der Waals surface area contributed by atoms with Gasteiger partial charge in [-0.2, -0.15) is 0 Å². The van der Waals surface area contributed by atoms with Crippen molar-refractivity contribution < 1.29 is 14.2 Å². The molecule has 0 amide bonds. The number of benzene rings is 1. The first kappa shape index (κ1) is 17.2. The molecule has 1 aromatic rings. The van der Waals surface area contributed by atoms with Crippen LogP contribution in [0.25, 0.3) is 5.70 Å². The maximum Gasteiger partial charge on any atom is 0.203 e. The number of hydrogen-bond donors (Lipinski definition) is 2. The average Bonchev–Trinajstić information content (AvgIpc) is 3.29. The number of hydrazine groups is 1. The lowest BCUT2D eigenvalue weighted by Gasteiger charge is -2.26. The van der Waals surface area contributed by atoms with Crippen molar-refractivity contribution in [1.82, 2.24) is 10.4 Å². The second-order valence-corrected chi connectivity index (χ2v) is 6.05. The summed E-state index contributed by atoms with van der Waals surface area (Å²) < 4.78 is 16.2. The SMILES string of the molecule is COc1cc(C2=CC(C3=CC=CC3)N(C(N)=S)N2)cc(OC)c1OC. The molecule has 1 aromatic carbocycles. The van der Waals surface area contributed by atoms with Gasteiger partial charge >= 0.3 is 0 Å². The Kier molecular flexibility index (Phi) is 4.85. The highest BCUT2D eigenvalue weighted by molar-refractivity contribution is 7.80. The van der Waals surface area contributed by atoms with E-state index in [1.54, 1.807) is 26.3 Å². The van der Waals surface area contributed by atoms with Crippen LogP contribution in [0.1, 0.15) is 12.0 Å². The molecule has 0 fully saturated rings. The number of rotatable bonds is 5. The molecular weight excluding hydrogens is 338 g/mol. The van der Waals surface area contributed by atoms with Crippen LogP contribution in [-0.4, -0.2) is 37.5 Å². The molecule has 3 N–H and O–H groups in total. The zero-order valence-corrected chi connectivity index (χ0v) is 15.2. The minimum Gasteiger partial charge on any atom is -0.493 e. The molecular formula is C18H21N3O3S. The van der Waals surface area contributed by atoms with E-state index >= 15 is 0 Å². The van der Waals surface area contributed by atoms with Gasteiger partial charge in [-0.1, -0.05) is 18.2 Å². The Hall–Kier alpha value is -2.67. The summed E-state index contributed by atoms with van der Waals surface area (Å²) in [6, 6.07) is 3.75. The van der Waals surface area contributed by atoms with Crippen molar-refractivity contribution >= 4 is 23.0 Å². The van der Waals surface area contributed by atoms with Crippen molar-refractivity contribution in [3.05, 3.63) is 47.6 Å². The van der Waals surface area contributed by atoms with Gasteiger partial charge in [0, 0.05) is 5.56 Å². The van der Waals surface area contributed by atoms with Crippen molar-refractivity contribution in [1.29, 1.82) is 0 Å². The Labute approximate surface area is 152 Å². The van der Waals surface area contributed by atoms with Crippen LogP contribution >= 0.6 is 12.2 Å². The number of ether oxygens (including phenoxy) is 3. The van der Waals surface area contributed by atoms with Crippen LogP contribution in [-0.2, 0) is 0 Å². The topological polar surface area (TPSA) is 69.0 Å². The fourth-order valence-electron chi connectivity index (χ4n) is 3.01. The smallest absolute Gasteiger partial charge is 0.203 e. The molecule has 0 radical (unpaired) electrons. The molecule has 1 unspecified atom stereocenters. The van der Waals surface area contributed by atoms with Crippen LogP contribution < -0.4 is 25.4 Å². The van der Waals surface area contributed by atoms with Crippen LogP contribution in [0.3, 0.4) is 0 Å². The largest absolute Gasteiger partial charge is 0.493 e. The standard InChI is InChI=1S/C18H21N3O3S/c1-22-15-8-12(9-16(23-2)17(15)24-3)13-10-14(11-6-4-5-7-11)21(20-13)18(19)25/h4-6,8-10,14,20H,7H2,1-3H3,(H2,19,25). The Morgan fingerprint density at radius 2 is 1.88 bits per heavy atom. The zero-order valence-electron chi connectivity index (χ0n) is 14.4. The number of allylic oxidation sites excluding steroid dienone is 3. The Morgan fingerprint density at radius 1 is 1.20 bits per heavy atom. The Bertz CT molecular complexity index is 761. The summed E-state index contributed by atoms with van der Waals surface area (Å²) in [4.78, 5) is 0. The van der Waals surface area contributed by atoms with Crippen molar-refractivity contribution in [2.75, 3.05) is 21.3 Å². The summed E-state index contributed by atoms with van der Waals surface area (Å²) in [6.07, 6.45) is 9.21. The van der Waals surface area contributed by atoms with Gasteiger partial charge in [0.25, 0.3) is 0 Å². The van der Waals surface area contributed by atoms with E-state index < -0.39 is 0 Å². The van der Waals surface area contributed by atoms with Crippen molar-refractivity contribution in [2.24, 2.45) is 5.73 Å². The summed E-state index contributed by atoms with van der Waals surface area (Å²) in [5.74, 6) is 1.73. The molecule has 1 atom stereocenters. The lowest BCUT2D eigenvalue weighted by atomic mass is 10.0. The van der Waals surface area contributed by atoms with E-state index in [1.165, 1.54) is 5.57 Å². The van der Waals surface area contributed by atoms with Crippen LogP contribution in [0.4, 0.5) is 0 Å². The van der Waals surface area contributed by atoms with E-state index in [1.807, 2.05) is 18.2 Å². The van der Waals surface area contributed by atoms with Gasteiger partial charge in [-0.15, -0.1) is 0 Å². The second-order valence-electron chi connectivity index (χ2n) is 5.63. The molecule has 6 nitrogen and oxygen atoms in total. The molecule has 132 valence electrons. The van der Waals surface area contributed by atoms with Gasteiger partial charge in [0.05, 0.1) is 33.1 Å². The van der Waals surface area contributed by atoms with Crippen molar-refractivity contribution in [3.8, 4) is 17.2 Å². The van der Waals surface area contributed by atoms with E-state index in [0.29, 0.717) is 17.2 Å². The number of nitrogens with one attached hydrogen (secondary N) is 1. The van der Waals surface area contributed by atoms with Gasteiger partial charge < -0.3 is 19.9 Å². The maximum absolute atomic E-state index is 5.90. The molecule has 0 bridgehead atoms. The monoisotopic (exact) mass is 359 g/mol. The maximum atomic E-state index is 5.90. The van der Waals surface area contributed by atoms with Gasteiger partial charge in [0.15, 0.2) is 16.6 Å². The molecule has 25 heavy (non-hydrogen) atoms. The normalized spacial score (nSPS) is 18.5. The lowest BCUT2D eigenvalue weighted by molar-refractivity contribution is 0.324. The summed E-state index contributed by atoms with van der Waals surface area (Å²) in [5, 5.41) is 2.07. The van der Waals surface area contributed by atoms with Crippen LogP contribution in [0.5, 0.6) is 17.2 Å². The molecule has 1 aliphatic carbocycles. The first-order chi connectivity index (χ1) is 12.1. The van der Waals surface area contributed by atoms with Crippen molar-refractivity contribution in [2.45, 2.75) is 12.5 Å². The third-order valence-electron chi connectivity index (χ3n) is 4.24. The highest BCUT2D eigenvalue weighted by Crippen LogP contribution is 2.40. The molecule has 0 saturated carbocycles. The predicted molar refractivity (Wildman–Crippen MR) is 101 cm³/mol. The second kappa shape index (κ2) is 7.06. The summed E-state index contributed by atoms with van der Waals surface area (Å²) >= 11 is 5.20. The van der Waals surface area contributed by atoms with Gasteiger partial charge in [-0.05, 0) is 42.4 Å². The minimum atomic E-state index is -0.0263. The predicted octanol–water partition coefficient (Wildman–Crippen LogP) is 2.37. The fourth-order valence-corrected chi connectivity index (χ4v) is 3.17. The first-order valence-corrected chi connectivity index (χ1v) is 8.23. The number of nitrogens with zero attached hydrogens (tertiary/aromatic N) is 1. The summed E-state index contributed by atoms with van der Waals surface area (Å²) in [6.45, 7) is 0. The quantitative estimate of drug-likeness (QED) is 0.782. The summed E-state index contributed by atoms with van der Waals surface area (Å²) in [7, 11) is 4.77. The Morgan fingerprint density at radius 3 is 2.36 bits per heavy atom. The Balaban J connectivity index is 2.01. The van der Waals surface area contributed by atoms with E-state index in [9.17, 15) is 0 Å². The van der Waals surface area contributed by atoms with Crippen LogP contribution in [0.15, 0.2) is 42.0 Å². The molecule has 0 spiro atoms. The van der Waals surface area contributed by atoms with Gasteiger partial charge in [0.2, 0.25) is 5.75 Å². The average molecular weight is 359 g/mol. The first-order valence-electron chi connectivity index (χ1n) is 7.82. The van der Waals surface area contributed by atoms with Gasteiger partial charge in [-0.25, -0.2) is 0 Å². The third-order valence-corrected chi connectivity index (χ3v) is 4.43. The van der Waals surface area contributed by atoms with E-state index in [-0.39, 0.29) is 11.2 Å². The molecule has 0 aromatic heterocycles. The van der Waals surface area contributed by atoms with Crippen molar-refractivity contribution in [3.63, 3.8) is 0 Å². The molecule has 1 aliphatic heterocycles. The number of hydrogen-bond acceptors (Lipinski definition) is 5. The minimum absolute atomic E-state index is 0.0263. The van der Waals surface area contributed by atoms with Crippen LogP contribution in [0, 0.1) is 0 Å². The van der Waals surface area contributed by atoms with Gasteiger partial charge in [0.1, 0.15) is 0 Å². The fraction of sp³-hybridized carbons (Fsp3) is 0.278. The highest BCUT2D eigenvalue weighted by atomic mass is 32.1. The lowest BCUT2D eigenvalue weighted by Crippen LogP contribution is -2.46. The number of methoxy groups -OCH3 is 3. The number of thiocarbonyl (C=S) groups is 1. The highest BCUT2D eigenvalue weighted by Gasteiger charge is 2.30. The summed E-state index contributed by atoms with van der Waals surface area (Å²) in [5.41, 5.74) is 12.2. The number of nitrogens with two attached hydrogens (primary N) is 1. The molecule has 1 heterocycles. The van der Waals surface area contributed by atoms with Crippen LogP contribution in [0.2, 0.25) is 0 Å². The zero-order chi connectivity index (χ0) is 18.0. The molecule has 2 aliphatic rings. The molecule has 0 saturated heterocycles. The van der Waals surface area contributed by atoms with E-state index in [4.69, 9.17) is 32.2 Å². The molecule has 7 heteroatoms. The van der Waals surface area contributed by atoms with E-state index in [2.05, 4.69) is 23.7 Å². The molecule has 3 rings (SSSR count). The third kappa shape index (κ3) is 3.15.